The van der Waals surface area contributed by atoms with Crippen LogP contribution in [-0.4, -0.2) is 61.1 Å². The molecule has 1 unspecified atom stereocenters. The summed E-state index contributed by atoms with van der Waals surface area (Å²) in [7, 11) is 1.76. The van der Waals surface area contributed by atoms with Crippen molar-refractivity contribution >= 4 is 11.9 Å². The van der Waals surface area contributed by atoms with Crippen molar-refractivity contribution in [3.63, 3.8) is 0 Å². The second kappa shape index (κ2) is 9.09. The summed E-state index contributed by atoms with van der Waals surface area (Å²) >= 11 is 0. The number of nitrogens with one attached hydrogen (secondary N) is 1. The lowest BCUT2D eigenvalue weighted by Gasteiger charge is -2.16. The van der Waals surface area contributed by atoms with E-state index < -0.39 is 0 Å². The van der Waals surface area contributed by atoms with E-state index in [2.05, 4.69) is 15.3 Å². The average molecular weight is 319 g/mol. The largest absolute Gasteiger partial charge is 0.376 e. The number of likely N-dealkylation sites (N-methyl/N-ethyl adjacent to an activating group) is 1. The molecular formula is C16H25N5O2. The maximum Gasteiger partial charge on any atom is 0.244 e. The van der Waals surface area contributed by atoms with Crippen LogP contribution < -0.4 is 11.1 Å². The van der Waals surface area contributed by atoms with Crippen molar-refractivity contribution in [3.05, 3.63) is 30.1 Å². The molecule has 1 aliphatic heterocycles. The number of amides is 1. The minimum Gasteiger partial charge on any atom is -0.376 e. The van der Waals surface area contributed by atoms with E-state index in [1.165, 1.54) is 0 Å². The second-order valence-corrected chi connectivity index (χ2v) is 5.60. The summed E-state index contributed by atoms with van der Waals surface area (Å²) in [6.07, 6.45) is 4.79. The van der Waals surface area contributed by atoms with Gasteiger partial charge in [0.1, 0.15) is 6.54 Å². The van der Waals surface area contributed by atoms with E-state index in [1.54, 1.807) is 18.1 Å². The van der Waals surface area contributed by atoms with Gasteiger partial charge in [0.2, 0.25) is 5.91 Å². The number of carbonyl (C=O) groups is 1. The van der Waals surface area contributed by atoms with Crippen molar-refractivity contribution < 1.29 is 9.53 Å². The van der Waals surface area contributed by atoms with Gasteiger partial charge in [0, 0.05) is 45.1 Å². The third-order valence-corrected chi connectivity index (χ3v) is 3.77. The van der Waals surface area contributed by atoms with Crippen LogP contribution in [0.15, 0.2) is 29.4 Å². The van der Waals surface area contributed by atoms with Crippen molar-refractivity contribution in [1.82, 2.24) is 15.2 Å². The van der Waals surface area contributed by atoms with E-state index in [4.69, 9.17) is 10.5 Å². The van der Waals surface area contributed by atoms with E-state index in [1.807, 2.05) is 18.2 Å². The van der Waals surface area contributed by atoms with Gasteiger partial charge in [0.15, 0.2) is 5.96 Å². The fraction of sp³-hybridized carbons (Fsp3) is 0.562. The Bertz CT molecular complexity index is 514. The van der Waals surface area contributed by atoms with Crippen LogP contribution >= 0.6 is 0 Å². The van der Waals surface area contributed by atoms with Crippen LogP contribution in [-0.2, 0) is 16.0 Å². The van der Waals surface area contributed by atoms with Gasteiger partial charge in [0.25, 0.3) is 0 Å². The lowest BCUT2D eigenvalue weighted by Crippen LogP contribution is -2.38. The third-order valence-electron chi connectivity index (χ3n) is 3.77. The summed E-state index contributed by atoms with van der Waals surface area (Å²) in [6, 6.07) is 5.76. The maximum atomic E-state index is 12.0. The molecule has 0 saturated carbocycles. The summed E-state index contributed by atoms with van der Waals surface area (Å²) in [4.78, 5) is 22.0. The van der Waals surface area contributed by atoms with Gasteiger partial charge in [-0.2, -0.15) is 0 Å². The predicted octanol–water partition coefficient (Wildman–Crippen LogP) is 0.166. The molecular weight excluding hydrogens is 294 g/mol. The Morgan fingerprint density at radius 2 is 2.43 bits per heavy atom. The van der Waals surface area contributed by atoms with Gasteiger partial charge in [-0.25, -0.2) is 4.99 Å². The Kier molecular flexibility index (Phi) is 6.80. The smallest absolute Gasteiger partial charge is 0.244 e. The zero-order valence-electron chi connectivity index (χ0n) is 13.6. The summed E-state index contributed by atoms with van der Waals surface area (Å²) in [5.74, 6) is 0.217. The van der Waals surface area contributed by atoms with Crippen LogP contribution in [0.2, 0.25) is 0 Å². The fourth-order valence-corrected chi connectivity index (χ4v) is 2.31. The number of rotatable bonds is 7. The number of guanidine groups is 1. The summed E-state index contributed by atoms with van der Waals surface area (Å²) in [6.45, 7) is 2.10. The molecule has 1 fully saturated rings. The molecule has 1 aromatic rings. The summed E-state index contributed by atoms with van der Waals surface area (Å²) in [5.41, 5.74) is 6.73. The molecule has 7 nitrogen and oxygen atoms in total. The van der Waals surface area contributed by atoms with Gasteiger partial charge in [0.05, 0.1) is 6.10 Å². The fourth-order valence-electron chi connectivity index (χ4n) is 2.31. The highest BCUT2D eigenvalue weighted by atomic mass is 16.5. The Labute approximate surface area is 136 Å². The lowest BCUT2D eigenvalue weighted by molar-refractivity contribution is -0.128. The molecule has 0 bridgehead atoms. The number of carbonyl (C=O) groups excluding carboxylic acids is 1. The van der Waals surface area contributed by atoms with E-state index in [-0.39, 0.29) is 24.5 Å². The highest BCUT2D eigenvalue weighted by Gasteiger charge is 2.15. The van der Waals surface area contributed by atoms with Crippen LogP contribution in [0.4, 0.5) is 0 Å². The molecule has 0 radical (unpaired) electrons. The molecule has 1 saturated heterocycles. The molecule has 2 heterocycles. The first-order chi connectivity index (χ1) is 11.1. The number of hydrogen-bond acceptors (Lipinski definition) is 4. The zero-order chi connectivity index (χ0) is 16.5. The number of aromatic nitrogens is 1. The first kappa shape index (κ1) is 17.2. The van der Waals surface area contributed by atoms with Crippen molar-refractivity contribution in [2.45, 2.75) is 25.4 Å². The Morgan fingerprint density at radius 1 is 1.57 bits per heavy atom. The monoisotopic (exact) mass is 319 g/mol. The normalized spacial score (nSPS) is 18.0. The molecule has 3 N–H and O–H groups in total. The zero-order valence-corrected chi connectivity index (χ0v) is 13.6. The minimum atomic E-state index is -0.0669. The number of pyridine rings is 1. The molecule has 1 atom stereocenters. The number of aliphatic imine (C=N–C) groups is 1. The lowest BCUT2D eigenvalue weighted by atomic mass is 10.2. The first-order valence-corrected chi connectivity index (χ1v) is 7.94. The van der Waals surface area contributed by atoms with Crippen molar-refractivity contribution in [2.75, 3.05) is 33.3 Å². The topological polar surface area (TPSA) is 92.8 Å². The molecule has 7 heteroatoms. The van der Waals surface area contributed by atoms with Crippen LogP contribution in [0.5, 0.6) is 0 Å². The molecule has 0 aliphatic carbocycles. The summed E-state index contributed by atoms with van der Waals surface area (Å²) in [5, 5.41) is 3.00. The van der Waals surface area contributed by atoms with Crippen molar-refractivity contribution in [1.29, 1.82) is 0 Å². The van der Waals surface area contributed by atoms with E-state index in [0.717, 1.165) is 31.6 Å². The highest BCUT2D eigenvalue weighted by Crippen LogP contribution is 2.10. The SMILES string of the molecule is CN(CCc1ccccn1)C(=O)CN=C(N)NCC1CCCO1. The molecule has 0 spiro atoms. The molecule has 1 aromatic heterocycles. The number of hydrogen-bond donors (Lipinski definition) is 2. The predicted molar refractivity (Wildman–Crippen MR) is 89.0 cm³/mol. The Hall–Kier alpha value is -2.15. The van der Waals surface area contributed by atoms with Crippen LogP contribution in [0, 0.1) is 0 Å². The van der Waals surface area contributed by atoms with E-state index in [0.29, 0.717) is 13.1 Å². The van der Waals surface area contributed by atoms with Gasteiger partial charge in [-0.3, -0.25) is 9.78 Å². The van der Waals surface area contributed by atoms with Crippen LogP contribution in [0.1, 0.15) is 18.5 Å². The molecule has 126 valence electrons. The quantitative estimate of drug-likeness (QED) is 0.552. The minimum absolute atomic E-state index is 0.0447. The number of nitrogens with two attached hydrogens (primary N) is 1. The molecule has 23 heavy (non-hydrogen) atoms. The van der Waals surface area contributed by atoms with Crippen LogP contribution in [0.25, 0.3) is 0 Å². The third kappa shape index (κ3) is 6.23. The number of nitrogens with zero attached hydrogens (tertiary/aromatic N) is 3. The average Bonchev–Trinajstić information content (AvgIpc) is 3.10. The van der Waals surface area contributed by atoms with Gasteiger partial charge >= 0.3 is 0 Å². The van der Waals surface area contributed by atoms with Crippen LogP contribution in [0.3, 0.4) is 0 Å². The molecule has 1 amide bonds. The second-order valence-electron chi connectivity index (χ2n) is 5.60. The Morgan fingerprint density at radius 3 is 3.13 bits per heavy atom. The van der Waals surface area contributed by atoms with Gasteiger partial charge in [-0.05, 0) is 25.0 Å². The molecule has 0 aromatic carbocycles. The molecule has 2 rings (SSSR count). The summed E-state index contributed by atoms with van der Waals surface area (Å²) < 4.78 is 5.49. The maximum absolute atomic E-state index is 12.0. The Balaban J connectivity index is 1.66. The van der Waals surface area contributed by atoms with Gasteiger partial charge in [-0.1, -0.05) is 6.07 Å². The highest BCUT2D eigenvalue weighted by molar-refractivity contribution is 5.83. The van der Waals surface area contributed by atoms with Gasteiger partial charge in [-0.15, -0.1) is 0 Å². The van der Waals surface area contributed by atoms with Crippen molar-refractivity contribution in [2.24, 2.45) is 10.7 Å². The first-order valence-electron chi connectivity index (χ1n) is 7.94. The number of ether oxygens (including phenoxy) is 1. The van der Waals surface area contributed by atoms with Gasteiger partial charge < -0.3 is 20.7 Å². The standard InChI is InChI=1S/C16H25N5O2/c1-21(9-7-13-5-2-3-8-18-13)15(22)12-20-16(17)19-11-14-6-4-10-23-14/h2-3,5,8,14H,4,6-7,9-12H2,1H3,(H3,17,19,20). The van der Waals surface area contributed by atoms with Crippen molar-refractivity contribution in [3.8, 4) is 0 Å². The van der Waals surface area contributed by atoms with E-state index in [9.17, 15) is 4.79 Å². The molecule has 1 aliphatic rings. The van der Waals surface area contributed by atoms with E-state index >= 15 is 0 Å².